The van der Waals surface area contributed by atoms with Crippen LogP contribution in [0.15, 0.2) is 78.7 Å². The van der Waals surface area contributed by atoms with Gasteiger partial charge in [-0.2, -0.15) is 0 Å². The molecule has 1 N–H and O–H groups in total. The van der Waals surface area contributed by atoms with Crippen molar-refractivity contribution in [1.82, 2.24) is 10.3 Å². The first-order chi connectivity index (χ1) is 15.6. The molecule has 0 bridgehead atoms. The summed E-state index contributed by atoms with van der Waals surface area (Å²) in [5.41, 5.74) is 2.06. The summed E-state index contributed by atoms with van der Waals surface area (Å²) in [4.78, 5) is 10.5. The minimum Gasteiger partial charge on any atom is -0.470 e. The fourth-order valence-corrected chi connectivity index (χ4v) is 3.11. The average molecular weight is 582 g/mol. The van der Waals surface area contributed by atoms with Crippen molar-refractivity contribution in [1.29, 1.82) is 0 Å². The fraction of sp³-hybridized carbons (Fsp3) is 0.174. The number of halogens is 2. The molecular formula is C23H22Br2N2O6. The summed E-state index contributed by atoms with van der Waals surface area (Å²) in [6.07, 6.45) is 0.576. The number of aromatic nitrogens is 2. The van der Waals surface area contributed by atoms with E-state index in [4.69, 9.17) is 23.6 Å². The van der Waals surface area contributed by atoms with Gasteiger partial charge in [0.2, 0.25) is 5.76 Å². The zero-order chi connectivity index (χ0) is 22.8. The van der Waals surface area contributed by atoms with E-state index in [-0.39, 0.29) is 25.7 Å². The van der Waals surface area contributed by atoms with E-state index in [1.807, 2.05) is 60.7 Å². The molecule has 0 fully saturated rings. The molecule has 33 heavy (non-hydrogen) atoms. The van der Waals surface area contributed by atoms with Crippen LogP contribution in [0.1, 0.15) is 34.9 Å². The second-order valence-corrected chi connectivity index (χ2v) is 7.80. The number of aldehydes is 1. The van der Waals surface area contributed by atoms with E-state index in [1.165, 1.54) is 0 Å². The van der Waals surface area contributed by atoms with Gasteiger partial charge in [0.25, 0.3) is 11.8 Å². The molecular weight excluding hydrogens is 560 g/mol. The SMILES string of the molecule is C.O=Cc1onc(OCc2ccccc2)c1Br.OCc1onc(OCc2ccccc2)c1Br. The van der Waals surface area contributed by atoms with Gasteiger partial charge in [0.05, 0.1) is 0 Å². The summed E-state index contributed by atoms with van der Waals surface area (Å²) in [7, 11) is 0. The third-order valence-corrected chi connectivity index (χ3v) is 5.50. The van der Waals surface area contributed by atoms with Crippen LogP contribution in [0.5, 0.6) is 11.8 Å². The summed E-state index contributed by atoms with van der Waals surface area (Å²) < 4.78 is 21.4. The van der Waals surface area contributed by atoms with Gasteiger partial charge in [-0.15, -0.1) is 0 Å². The van der Waals surface area contributed by atoms with Crippen molar-refractivity contribution in [2.75, 3.05) is 0 Å². The lowest BCUT2D eigenvalue weighted by Gasteiger charge is -2.02. The zero-order valence-electron chi connectivity index (χ0n) is 16.6. The highest BCUT2D eigenvalue weighted by molar-refractivity contribution is 9.11. The molecule has 10 heteroatoms. The molecule has 0 radical (unpaired) electrons. The lowest BCUT2D eigenvalue weighted by atomic mass is 10.2. The molecule has 0 saturated carbocycles. The molecule has 0 aliphatic heterocycles. The number of carbonyl (C=O) groups excluding carboxylic acids is 1. The van der Waals surface area contributed by atoms with E-state index in [0.717, 1.165) is 11.1 Å². The number of carbonyl (C=O) groups is 1. The topological polar surface area (TPSA) is 108 Å². The van der Waals surface area contributed by atoms with Gasteiger partial charge in [-0.1, -0.05) is 68.1 Å². The molecule has 2 aromatic carbocycles. The monoisotopic (exact) mass is 580 g/mol. The minimum atomic E-state index is -0.206. The Bertz CT molecular complexity index is 1120. The third kappa shape index (κ3) is 7.55. The Kier molecular flexibility index (Phi) is 10.8. The van der Waals surface area contributed by atoms with Gasteiger partial charge in [0.1, 0.15) is 28.8 Å². The third-order valence-electron chi connectivity index (χ3n) is 3.99. The Morgan fingerprint density at radius 1 is 0.818 bits per heavy atom. The highest BCUT2D eigenvalue weighted by Gasteiger charge is 2.14. The molecule has 2 aromatic heterocycles. The average Bonchev–Trinajstić information content (AvgIpc) is 3.39. The fourth-order valence-electron chi connectivity index (χ4n) is 2.37. The number of aliphatic hydroxyl groups is 1. The molecule has 0 aliphatic carbocycles. The van der Waals surface area contributed by atoms with Crippen molar-refractivity contribution in [3.05, 3.63) is 92.3 Å². The van der Waals surface area contributed by atoms with Gasteiger partial charge in [-0.3, -0.25) is 4.79 Å². The molecule has 174 valence electrons. The van der Waals surface area contributed by atoms with Crippen LogP contribution in [0, 0.1) is 0 Å². The van der Waals surface area contributed by atoms with Gasteiger partial charge >= 0.3 is 0 Å². The highest BCUT2D eigenvalue weighted by atomic mass is 79.9. The lowest BCUT2D eigenvalue weighted by molar-refractivity contribution is 0.109. The number of hydrogen-bond donors (Lipinski definition) is 1. The van der Waals surface area contributed by atoms with E-state index < -0.39 is 0 Å². The van der Waals surface area contributed by atoms with Gasteiger partial charge in [0.15, 0.2) is 12.0 Å². The smallest absolute Gasteiger partial charge is 0.269 e. The molecule has 0 amide bonds. The van der Waals surface area contributed by atoms with Crippen molar-refractivity contribution in [2.24, 2.45) is 0 Å². The van der Waals surface area contributed by atoms with Crippen LogP contribution in [-0.2, 0) is 19.8 Å². The molecule has 2 heterocycles. The second kappa shape index (κ2) is 13.6. The van der Waals surface area contributed by atoms with E-state index in [1.54, 1.807) is 0 Å². The Morgan fingerprint density at radius 2 is 1.30 bits per heavy atom. The molecule has 0 unspecified atom stereocenters. The van der Waals surface area contributed by atoms with E-state index >= 15 is 0 Å². The summed E-state index contributed by atoms with van der Waals surface area (Å²) in [6.45, 7) is 0.587. The molecule has 0 spiro atoms. The first kappa shape index (κ1) is 26.3. The van der Waals surface area contributed by atoms with Gasteiger partial charge in [-0.05, 0) is 53.3 Å². The number of ether oxygens (including phenoxy) is 2. The largest absolute Gasteiger partial charge is 0.470 e. The van der Waals surface area contributed by atoms with Crippen LogP contribution in [0.25, 0.3) is 0 Å². The van der Waals surface area contributed by atoms with Gasteiger partial charge in [-0.25, -0.2) is 0 Å². The Morgan fingerprint density at radius 3 is 1.73 bits per heavy atom. The quantitative estimate of drug-likeness (QED) is 0.253. The van der Waals surface area contributed by atoms with Crippen LogP contribution >= 0.6 is 31.9 Å². The molecule has 0 saturated heterocycles. The van der Waals surface area contributed by atoms with Gasteiger partial charge in [0, 0.05) is 0 Å². The minimum absolute atomic E-state index is 0. The number of nitrogens with zero attached hydrogens (tertiary/aromatic N) is 2. The maximum atomic E-state index is 10.5. The van der Waals surface area contributed by atoms with E-state index in [9.17, 15) is 4.79 Å². The second-order valence-electron chi connectivity index (χ2n) is 6.22. The first-order valence-electron chi connectivity index (χ1n) is 9.31. The highest BCUT2D eigenvalue weighted by Crippen LogP contribution is 2.28. The summed E-state index contributed by atoms with van der Waals surface area (Å²) in [5.74, 6) is 1.13. The summed E-state index contributed by atoms with van der Waals surface area (Å²) >= 11 is 6.42. The van der Waals surface area contributed by atoms with Crippen LogP contribution in [0.2, 0.25) is 0 Å². The Hall–Kier alpha value is -2.95. The van der Waals surface area contributed by atoms with Crippen molar-refractivity contribution in [2.45, 2.75) is 27.2 Å². The van der Waals surface area contributed by atoms with Crippen molar-refractivity contribution < 1.29 is 28.4 Å². The number of rotatable bonds is 8. The lowest BCUT2D eigenvalue weighted by Crippen LogP contribution is -1.95. The molecule has 0 atom stereocenters. The normalized spacial score (nSPS) is 9.91. The van der Waals surface area contributed by atoms with Crippen LogP contribution < -0.4 is 9.47 Å². The van der Waals surface area contributed by atoms with Crippen molar-refractivity contribution in [3.8, 4) is 11.8 Å². The maximum absolute atomic E-state index is 10.5. The van der Waals surface area contributed by atoms with Crippen molar-refractivity contribution in [3.63, 3.8) is 0 Å². The number of benzene rings is 2. The Labute approximate surface area is 207 Å². The van der Waals surface area contributed by atoms with Crippen molar-refractivity contribution >= 4 is 38.1 Å². The zero-order valence-corrected chi connectivity index (χ0v) is 19.8. The Balaban J connectivity index is 0.000000227. The molecule has 4 aromatic rings. The molecule has 0 aliphatic rings. The standard InChI is InChI=1S/C11H10BrNO3.C11H8BrNO3.CH4/c2*12-10-9(6-14)16-13-11(10)15-7-8-4-2-1-3-5-8;/h1-5,14H,6-7H2;1-6H,7H2;1H4. The maximum Gasteiger partial charge on any atom is 0.269 e. The van der Waals surface area contributed by atoms with Crippen LogP contribution in [0.3, 0.4) is 0 Å². The van der Waals surface area contributed by atoms with Crippen LogP contribution in [0.4, 0.5) is 0 Å². The molecule has 8 nitrogen and oxygen atoms in total. The number of hydrogen-bond acceptors (Lipinski definition) is 8. The summed E-state index contributed by atoms with van der Waals surface area (Å²) in [6, 6.07) is 19.4. The first-order valence-corrected chi connectivity index (χ1v) is 10.9. The molecule has 4 rings (SSSR count). The van der Waals surface area contributed by atoms with E-state index in [2.05, 4.69) is 42.2 Å². The van der Waals surface area contributed by atoms with Crippen LogP contribution in [-0.4, -0.2) is 21.7 Å². The van der Waals surface area contributed by atoms with E-state index in [0.29, 0.717) is 40.1 Å². The predicted octanol–water partition coefficient (Wildman–Crippen LogP) is 5.97. The summed E-state index contributed by atoms with van der Waals surface area (Å²) in [5, 5.41) is 16.2. The number of aliphatic hydroxyl groups excluding tert-OH is 1. The van der Waals surface area contributed by atoms with Gasteiger partial charge < -0.3 is 23.6 Å². The predicted molar refractivity (Wildman–Crippen MR) is 128 cm³/mol.